The number of aromatic nitrogens is 2. The SMILES string of the molecule is CC1(C)OCc2cc(Cl)cc(C(=O)c3cn(C(c4ccccc4)(c4ccccc4)c4ccccc4)cn3)c2O1. The molecule has 2 heterocycles. The Balaban J connectivity index is 1.54. The largest absolute Gasteiger partial charge is 0.462 e. The van der Waals surface area contributed by atoms with Crippen LogP contribution in [0.1, 0.15) is 52.2 Å². The van der Waals surface area contributed by atoms with Crippen molar-refractivity contribution < 1.29 is 14.3 Å². The minimum atomic E-state index is -0.863. The Morgan fingerprint density at radius 2 is 1.41 bits per heavy atom. The van der Waals surface area contributed by atoms with Gasteiger partial charge in [-0.25, -0.2) is 4.98 Å². The quantitative estimate of drug-likeness (QED) is 0.170. The van der Waals surface area contributed by atoms with Crippen LogP contribution in [0, 0.1) is 0 Å². The fourth-order valence-electron chi connectivity index (χ4n) is 5.32. The molecule has 0 saturated heterocycles. The average Bonchev–Trinajstić information content (AvgIpc) is 3.45. The molecule has 0 bridgehead atoms. The number of ketones is 1. The molecule has 6 rings (SSSR count). The van der Waals surface area contributed by atoms with E-state index in [1.54, 1.807) is 18.5 Å². The van der Waals surface area contributed by atoms with E-state index in [1.165, 1.54) is 0 Å². The first kappa shape index (κ1) is 25.1. The molecule has 0 saturated carbocycles. The molecule has 0 fully saturated rings. The van der Waals surface area contributed by atoms with Gasteiger partial charge in [-0.05, 0) is 28.8 Å². The van der Waals surface area contributed by atoms with Crippen molar-refractivity contribution in [1.29, 1.82) is 0 Å². The van der Waals surface area contributed by atoms with Crippen molar-refractivity contribution in [2.75, 3.05) is 0 Å². The molecule has 0 spiro atoms. The monoisotopic (exact) mass is 534 g/mol. The number of fused-ring (bicyclic) bond motifs is 1. The van der Waals surface area contributed by atoms with Gasteiger partial charge in [-0.15, -0.1) is 0 Å². The highest BCUT2D eigenvalue weighted by Crippen LogP contribution is 2.42. The molecule has 39 heavy (non-hydrogen) atoms. The third-order valence-electron chi connectivity index (χ3n) is 7.08. The van der Waals surface area contributed by atoms with Crippen LogP contribution < -0.4 is 4.74 Å². The number of ether oxygens (including phenoxy) is 2. The maximum Gasteiger partial charge on any atom is 0.216 e. The summed E-state index contributed by atoms with van der Waals surface area (Å²) < 4.78 is 13.9. The van der Waals surface area contributed by atoms with Crippen LogP contribution in [0.4, 0.5) is 0 Å². The number of rotatable bonds is 6. The van der Waals surface area contributed by atoms with E-state index in [1.807, 2.05) is 79.2 Å². The Kier molecular flexibility index (Phi) is 6.34. The number of halogens is 1. The molecule has 4 aromatic carbocycles. The highest BCUT2D eigenvalue weighted by molar-refractivity contribution is 6.31. The Labute approximate surface area is 232 Å². The Hall–Kier alpha value is -4.19. The van der Waals surface area contributed by atoms with Gasteiger partial charge in [-0.3, -0.25) is 4.79 Å². The van der Waals surface area contributed by atoms with Crippen molar-refractivity contribution in [3.8, 4) is 5.75 Å². The van der Waals surface area contributed by atoms with Crippen molar-refractivity contribution in [1.82, 2.24) is 9.55 Å². The summed E-state index contributed by atoms with van der Waals surface area (Å²) in [4.78, 5) is 18.6. The fourth-order valence-corrected chi connectivity index (χ4v) is 5.56. The number of imidazole rings is 1. The summed E-state index contributed by atoms with van der Waals surface area (Å²) in [5.41, 5.74) is 3.75. The fraction of sp³-hybridized carbons (Fsp3) is 0.152. The molecule has 5 aromatic rings. The Morgan fingerprint density at radius 3 is 1.95 bits per heavy atom. The summed E-state index contributed by atoms with van der Waals surface area (Å²) in [6.45, 7) is 3.94. The van der Waals surface area contributed by atoms with Gasteiger partial charge in [0, 0.05) is 30.6 Å². The number of carbonyl (C=O) groups excluding carboxylic acids is 1. The zero-order valence-corrected chi connectivity index (χ0v) is 22.4. The molecule has 194 valence electrons. The second kappa shape index (κ2) is 9.84. The second-order valence-electron chi connectivity index (χ2n) is 10.0. The van der Waals surface area contributed by atoms with E-state index in [4.69, 9.17) is 21.1 Å². The van der Waals surface area contributed by atoms with Gasteiger partial charge < -0.3 is 14.0 Å². The van der Waals surface area contributed by atoms with Gasteiger partial charge in [0.15, 0.2) is 0 Å². The first-order valence-electron chi connectivity index (χ1n) is 12.8. The molecule has 0 N–H and O–H groups in total. The molecular formula is C33H27ClN2O3. The molecule has 1 aliphatic heterocycles. The van der Waals surface area contributed by atoms with Crippen LogP contribution in [0.2, 0.25) is 5.02 Å². The van der Waals surface area contributed by atoms with Gasteiger partial charge in [0.25, 0.3) is 0 Å². The second-order valence-corrected chi connectivity index (χ2v) is 10.5. The summed E-state index contributed by atoms with van der Waals surface area (Å²) in [7, 11) is 0. The maximum atomic E-state index is 14.0. The van der Waals surface area contributed by atoms with Crippen molar-refractivity contribution in [2.24, 2.45) is 0 Å². The standard InChI is InChI=1S/C33H27ClN2O3/c1-32(2)38-21-23-18-27(34)19-28(31(23)39-32)30(37)29-20-36(22-35-29)33(24-12-6-3-7-13-24,25-14-8-4-9-15-25)26-16-10-5-11-17-26/h3-20,22H,21H2,1-2H3. The molecule has 6 heteroatoms. The van der Waals surface area contributed by atoms with E-state index in [9.17, 15) is 4.79 Å². The molecule has 0 amide bonds. The number of carbonyl (C=O) groups is 1. The zero-order valence-electron chi connectivity index (χ0n) is 21.7. The van der Waals surface area contributed by atoms with Gasteiger partial charge in [-0.1, -0.05) is 103 Å². The first-order valence-corrected chi connectivity index (χ1v) is 13.2. The zero-order chi connectivity index (χ0) is 27.0. The summed E-state index contributed by atoms with van der Waals surface area (Å²) in [6, 6.07) is 34.2. The van der Waals surface area contributed by atoms with Crippen molar-refractivity contribution >= 4 is 17.4 Å². The van der Waals surface area contributed by atoms with Crippen LogP contribution in [0.3, 0.4) is 0 Å². The lowest BCUT2D eigenvalue weighted by atomic mass is 9.77. The molecular weight excluding hydrogens is 508 g/mol. The average molecular weight is 535 g/mol. The molecule has 0 radical (unpaired) electrons. The normalized spacial score (nSPS) is 14.3. The molecule has 0 atom stereocenters. The summed E-state index contributed by atoms with van der Waals surface area (Å²) in [5.74, 6) is -0.651. The lowest BCUT2D eigenvalue weighted by Gasteiger charge is -2.37. The Bertz CT molecular complexity index is 1530. The van der Waals surface area contributed by atoms with E-state index in [0.29, 0.717) is 28.6 Å². The first-order chi connectivity index (χ1) is 18.9. The number of benzene rings is 4. The van der Waals surface area contributed by atoms with Gasteiger partial charge in [0.1, 0.15) is 17.0 Å². The van der Waals surface area contributed by atoms with Gasteiger partial charge in [0.05, 0.1) is 18.5 Å². The number of hydrogen-bond acceptors (Lipinski definition) is 4. The third kappa shape index (κ3) is 4.44. The van der Waals surface area contributed by atoms with E-state index in [0.717, 1.165) is 22.3 Å². The van der Waals surface area contributed by atoms with Gasteiger partial charge in [0.2, 0.25) is 11.6 Å². The predicted octanol–water partition coefficient (Wildman–Crippen LogP) is 7.25. The van der Waals surface area contributed by atoms with Crippen LogP contribution in [0.5, 0.6) is 5.75 Å². The molecule has 1 aliphatic rings. The lowest BCUT2D eigenvalue weighted by molar-refractivity contribution is -0.180. The lowest BCUT2D eigenvalue weighted by Crippen LogP contribution is -2.37. The topological polar surface area (TPSA) is 53.4 Å². The summed E-state index contributed by atoms with van der Waals surface area (Å²) in [5, 5.41) is 0.440. The van der Waals surface area contributed by atoms with Crippen molar-refractivity contribution in [2.45, 2.75) is 31.8 Å². The Morgan fingerprint density at radius 1 is 0.872 bits per heavy atom. The molecule has 0 unspecified atom stereocenters. The number of nitrogens with zero attached hydrogens (tertiary/aromatic N) is 2. The maximum absolute atomic E-state index is 14.0. The minimum absolute atomic E-state index is 0.270. The highest BCUT2D eigenvalue weighted by Gasteiger charge is 2.39. The van der Waals surface area contributed by atoms with E-state index in [2.05, 4.69) is 41.4 Å². The molecule has 1 aromatic heterocycles. The van der Waals surface area contributed by atoms with Gasteiger partial charge >= 0.3 is 0 Å². The van der Waals surface area contributed by atoms with Crippen LogP contribution in [0.15, 0.2) is 116 Å². The highest BCUT2D eigenvalue weighted by atomic mass is 35.5. The van der Waals surface area contributed by atoms with Crippen LogP contribution in [-0.4, -0.2) is 21.1 Å². The van der Waals surface area contributed by atoms with Crippen LogP contribution >= 0.6 is 11.6 Å². The van der Waals surface area contributed by atoms with E-state index >= 15 is 0 Å². The predicted molar refractivity (Wildman–Crippen MR) is 151 cm³/mol. The summed E-state index contributed by atoms with van der Waals surface area (Å²) >= 11 is 6.41. The number of hydrogen-bond donors (Lipinski definition) is 0. The summed E-state index contributed by atoms with van der Waals surface area (Å²) in [6.07, 6.45) is 3.54. The smallest absolute Gasteiger partial charge is 0.216 e. The van der Waals surface area contributed by atoms with Gasteiger partial charge in [-0.2, -0.15) is 0 Å². The van der Waals surface area contributed by atoms with Crippen molar-refractivity contribution in [3.63, 3.8) is 0 Å². The third-order valence-corrected chi connectivity index (χ3v) is 7.29. The molecule has 0 aliphatic carbocycles. The van der Waals surface area contributed by atoms with Crippen LogP contribution in [-0.2, 0) is 16.9 Å². The minimum Gasteiger partial charge on any atom is -0.462 e. The van der Waals surface area contributed by atoms with Crippen LogP contribution in [0.25, 0.3) is 0 Å². The molecule has 5 nitrogen and oxygen atoms in total. The van der Waals surface area contributed by atoms with E-state index in [-0.39, 0.29) is 5.78 Å². The van der Waals surface area contributed by atoms with Crippen molar-refractivity contribution in [3.05, 3.63) is 154 Å². The van der Waals surface area contributed by atoms with E-state index < -0.39 is 11.3 Å².